The molecular weight excluding hydrogens is 310 g/mol. The molecule has 128 valence electrons. The van der Waals surface area contributed by atoms with Gasteiger partial charge in [0.25, 0.3) is 0 Å². The summed E-state index contributed by atoms with van der Waals surface area (Å²) in [4.78, 5) is 38.9. The molecule has 1 aliphatic heterocycles. The molecule has 1 saturated carbocycles. The molecule has 0 radical (unpaired) electrons. The van der Waals surface area contributed by atoms with Gasteiger partial charge in [-0.15, -0.1) is 0 Å². The molecule has 3 rings (SSSR count). The van der Waals surface area contributed by atoms with Gasteiger partial charge in [0, 0.05) is 30.1 Å². The van der Waals surface area contributed by atoms with E-state index in [9.17, 15) is 19.7 Å². The van der Waals surface area contributed by atoms with E-state index >= 15 is 0 Å². The van der Waals surface area contributed by atoms with Crippen LogP contribution in [0.2, 0.25) is 0 Å². The molecule has 0 bridgehead atoms. The molecule has 1 aromatic rings. The maximum absolute atomic E-state index is 12.7. The Balaban J connectivity index is 1.74. The molecule has 1 heterocycles. The second-order valence-electron chi connectivity index (χ2n) is 6.40. The molecule has 0 N–H and O–H groups in total. The number of amides is 2. The van der Waals surface area contributed by atoms with E-state index in [-0.39, 0.29) is 24.8 Å². The highest BCUT2D eigenvalue weighted by atomic mass is 16.6. The molecule has 1 aromatic carbocycles. The Hall–Kier alpha value is -2.44. The summed E-state index contributed by atoms with van der Waals surface area (Å²) in [6.07, 6.45) is 3.35. The number of carbonyl (C=O) groups is 2. The summed E-state index contributed by atoms with van der Waals surface area (Å²) in [6, 6.07) is 8.11. The summed E-state index contributed by atoms with van der Waals surface area (Å²) < 4.78 is 0. The van der Waals surface area contributed by atoms with Crippen LogP contribution < -0.4 is 4.90 Å². The van der Waals surface area contributed by atoms with Crippen LogP contribution in [-0.2, 0) is 9.59 Å². The maximum atomic E-state index is 12.7. The topological polar surface area (TPSA) is 83.8 Å². The zero-order valence-electron chi connectivity index (χ0n) is 13.5. The fourth-order valence-electron chi connectivity index (χ4n) is 3.16. The van der Waals surface area contributed by atoms with Crippen LogP contribution in [0.5, 0.6) is 0 Å². The highest BCUT2D eigenvalue weighted by Crippen LogP contribution is 2.36. The molecule has 0 unspecified atom stereocenters. The first-order valence-corrected chi connectivity index (χ1v) is 8.35. The summed E-state index contributed by atoms with van der Waals surface area (Å²) in [5.74, 6) is -1.03. The van der Waals surface area contributed by atoms with Crippen molar-refractivity contribution in [2.24, 2.45) is 5.92 Å². The zero-order valence-corrected chi connectivity index (χ0v) is 13.5. The lowest BCUT2D eigenvalue weighted by Gasteiger charge is -2.30. The van der Waals surface area contributed by atoms with Crippen molar-refractivity contribution in [2.45, 2.75) is 31.7 Å². The second kappa shape index (κ2) is 6.98. The summed E-state index contributed by atoms with van der Waals surface area (Å²) in [7, 11) is 0. The van der Waals surface area contributed by atoms with Gasteiger partial charge in [-0.05, 0) is 31.4 Å². The van der Waals surface area contributed by atoms with Crippen molar-refractivity contribution >= 4 is 17.5 Å². The number of rotatable bonds is 5. The second-order valence-corrected chi connectivity index (χ2v) is 6.40. The fraction of sp³-hybridized carbons (Fsp3) is 0.529. The lowest BCUT2D eigenvalue weighted by Crippen LogP contribution is -2.45. The Morgan fingerprint density at radius 3 is 2.42 bits per heavy atom. The van der Waals surface area contributed by atoms with E-state index in [2.05, 4.69) is 0 Å². The molecule has 7 heteroatoms. The van der Waals surface area contributed by atoms with Gasteiger partial charge < -0.3 is 9.80 Å². The van der Waals surface area contributed by atoms with E-state index in [1.165, 1.54) is 4.90 Å². The third-order valence-corrected chi connectivity index (χ3v) is 4.68. The van der Waals surface area contributed by atoms with Gasteiger partial charge in [0.05, 0.1) is 0 Å². The standard InChI is InChI=1S/C17H21N3O4/c21-16(18-9-5-2-6-10-18)12-19(13-7-3-1-4-8-13)17(22)14-11-15(14)20(23)24/h1,3-4,7-8,14-15H,2,5-6,9-12H2/t14-,15-/m0/s1. The molecule has 1 saturated heterocycles. The molecule has 2 amide bonds. The van der Waals surface area contributed by atoms with Crippen LogP contribution in [0, 0.1) is 16.0 Å². The predicted molar refractivity (Wildman–Crippen MR) is 88.1 cm³/mol. The first-order valence-electron chi connectivity index (χ1n) is 8.35. The minimum absolute atomic E-state index is 0.0518. The number of nitrogens with zero attached hydrogens (tertiary/aromatic N) is 3. The van der Waals surface area contributed by atoms with Gasteiger partial charge in [-0.1, -0.05) is 18.2 Å². The van der Waals surface area contributed by atoms with Gasteiger partial charge in [-0.3, -0.25) is 19.7 Å². The van der Waals surface area contributed by atoms with Gasteiger partial charge in [0.1, 0.15) is 12.5 Å². The average Bonchev–Trinajstić information content (AvgIpc) is 3.41. The van der Waals surface area contributed by atoms with Crippen LogP contribution in [0.15, 0.2) is 30.3 Å². The maximum Gasteiger partial charge on any atom is 0.242 e. The van der Waals surface area contributed by atoms with Crippen molar-refractivity contribution in [3.05, 3.63) is 40.4 Å². The van der Waals surface area contributed by atoms with Gasteiger partial charge in [0.15, 0.2) is 0 Å². The number of hydrogen-bond acceptors (Lipinski definition) is 4. The van der Waals surface area contributed by atoms with E-state index in [0.29, 0.717) is 5.69 Å². The summed E-state index contributed by atoms with van der Waals surface area (Å²) in [6.45, 7) is 1.39. The number of anilines is 1. The highest BCUT2D eigenvalue weighted by Gasteiger charge is 2.55. The van der Waals surface area contributed by atoms with Gasteiger partial charge in [-0.2, -0.15) is 0 Å². The number of nitro groups is 1. The minimum atomic E-state index is -0.811. The Morgan fingerprint density at radius 2 is 1.83 bits per heavy atom. The minimum Gasteiger partial charge on any atom is -0.341 e. The van der Waals surface area contributed by atoms with Crippen LogP contribution in [0.25, 0.3) is 0 Å². The Bertz CT molecular complexity index is 628. The lowest BCUT2D eigenvalue weighted by atomic mass is 10.1. The molecule has 0 aromatic heterocycles. The Kier molecular flexibility index (Phi) is 4.78. The first-order chi connectivity index (χ1) is 11.6. The van der Waals surface area contributed by atoms with Crippen LogP contribution in [0.1, 0.15) is 25.7 Å². The number of likely N-dealkylation sites (tertiary alicyclic amines) is 1. The Labute approximate surface area is 140 Å². The largest absolute Gasteiger partial charge is 0.341 e. The van der Waals surface area contributed by atoms with E-state index < -0.39 is 16.9 Å². The van der Waals surface area contributed by atoms with Crippen molar-refractivity contribution in [2.75, 3.05) is 24.5 Å². The van der Waals surface area contributed by atoms with E-state index in [0.717, 1.165) is 32.4 Å². The summed E-state index contributed by atoms with van der Waals surface area (Å²) in [5, 5.41) is 10.9. The predicted octanol–water partition coefficient (Wildman–Crippen LogP) is 1.70. The monoisotopic (exact) mass is 331 g/mol. The van der Waals surface area contributed by atoms with Crippen molar-refractivity contribution in [3.63, 3.8) is 0 Å². The van der Waals surface area contributed by atoms with Gasteiger partial charge in [-0.25, -0.2) is 0 Å². The molecule has 24 heavy (non-hydrogen) atoms. The molecule has 2 aliphatic rings. The van der Waals surface area contributed by atoms with E-state index in [1.54, 1.807) is 29.2 Å². The number of hydrogen-bond donors (Lipinski definition) is 0. The first kappa shape index (κ1) is 16.4. The third kappa shape index (κ3) is 3.55. The van der Waals surface area contributed by atoms with E-state index in [4.69, 9.17) is 0 Å². The number of carbonyl (C=O) groups excluding carboxylic acids is 2. The van der Waals surface area contributed by atoms with Crippen molar-refractivity contribution in [1.82, 2.24) is 4.90 Å². The molecular formula is C17H21N3O4. The van der Waals surface area contributed by atoms with Crippen molar-refractivity contribution in [3.8, 4) is 0 Å². The van der Waals surface area contributed by atoms with Gasteiger partial charge >= 0.3 is 0 Å². The molecule has 2 fully saturated rings. The van der Waals surface area contributed by atoms with Crippen LogP contribution in [-0.4, -0.2) is 47.3 Å². The zero-order chi connectivity index (χ0) is 17.1. The smallest absolute Gasteiger partial charge is 0.242 e. The third-order valence-electron chi connectivity index (χ3n) is 4.68. The molecule has 0 spiro atoms. The summed E-state index contributed by atoms with van der Waals surface area (Å²) in [5.41, 5.74) is 0.613. The molecule has 7 nitrogen and oxygen atoms in total. The normalized spacial score (nSPS) is 22.8. The fourth-order valence-corrected chi connectivity index (χ4v) is 3.16. The van der Waals surface area contributed by atoms with Crippen LogP contribution in [0.4, 0.5) is 5.69 Å². The van der Waals surface area contributed by atoms with E-state index in [1.807, 2.05) is 6.07 Å². The number of benzene rings is 1. The van der Waals surface area contributed by atoms with Crippen molar-refractivity contribution < 1.29 is 14.5 Å². The highest BCUT2D eigenvalue weighted by molar-refractivity contribution is 6.01. The lowest BCUT2D eigenvalue weighted by molar-refractivity contribution is -0.497. The quantitative estimate of drug-likeness (QED) is 0.607. The number of para-hydroxylation sites is 1. The van der Waals surface area contributed by atoms with Crippen LogP contribution >= 0.6 is 0 Å². The Morgan fingerprint density at radius 1 is 1.17 bits per heavy atom. The van der Waals surface area contributed by atoms with Gasteiger partial charge in [0.2, 0.25) is 17.9 Å². The summed E-state index contributed by atoms with van der Waals surface area (Å²) >= 11 is 0. The van der Waals surface area contributed by atoms with Crippen molar-refractivity contribution in [1.29, 1.82) is 0 Å². The van der Waals surface area contributed by atoms with Crippen LogP contribution in [0.3, 0.4) is 0 Å². The molecule has 2 atom stereocenters. The SMILES string of the molecule is O=C(CN(C(=O)[C@H]1C[C@@H]1[N+](=O)[O-])c1ccccc1)N1CCCCC1. The number of piperidine rings is 1. The average molecular weight is 331 g/mol. The molecule has 1 aliphatic carbocycles.